The van der Waals surface area contributed by atoms with E-state index >= 15 is 0 Å². The van der Waals surface area contributed by atoms with Crippen LogP contribution in [-0.4, -0.2) is 23.2 Å². The highest BCUT2D eigenvalue weighted by molar-refractivity contribution is 6.31. The first kappa shape index (κ1) is 15.0. The van der Waals surface area contributed by atoms with Crippen molar-refractivity contribution in [2.45, 2.75) is 19.2 Å². The lowest BCUT2D eigenvalue weighted by Gasteiger charge is -2.08. The van der Waals surface area contributed by atoms with E-state index < -0.39 is 17.3 Å². The zero-order valence-corrected chi connectivity index (χ0v) is 11.2. The summed E-state index contributed by atoms with van der Waals surface area (Å²) in [4.78, 5) is 33.4. The van der Waals surface area contributed by atoms with Crippen molar-refractivity contribution in [3.05, 3.63) is 24.3 Å². The van der Waals surface area contributed by atoms with Gasteiger partial charge in [0.05, 0.1) is 0 Å². The summed E-state index contributed by atoms with van der Waals surface area (Å²) in [5.41, 5.74) is 1.10. The molecule has 1 aromatic rings. The summed E-state index contributed by atoms with van der Waals surface area (Å²) in [5.74, 6) is -0.755. The summed E-state index contributed by atoms with van der Waals surface area (Å²) in [6.45, 7) is 2.87. The molecule has 1 unspecified atom stereocenters. The second-order valence-electron chi connectivity index (χ2n) is 3.82. The fraction of sp³-hybridized carbons (Fsp3) is 0.250. The Kier molecular flexibility index (Phi) is 5.32. The smallest absolute Gasteiger partial charge is 0.325 e. The number of hydrogen-bond donors (Lipinski definition) is 3. The quantitative estimate of drug-likeness (QED) is 0.741. The van der Waals surface area contributed by atoms with Gasteiger partial charge in [-0.05, 0) is 31.2 Å². The van der Waals surface area contributed by atoms with Crippen LogP contribution in [0.1, 0.15) is 13.8 Å². The number of rotatable bonds is 3. The molecule has 0 aliphatic rings. The van der Waals surface area contributed by atoms with Crippen molar-refractivity contribution in [2.24, 2.45) is 0 Å². The van der Waals surface area contributed by atoms with Crippen LogP contribution in [0.3, 0.4) is 0 Å². The van der Waals surface area contributed by atoms with Gasteiger partial charge in [-0.15, -0.1) is 11.6 Å². The van der Waals surface area contributed by atoms with Crippen LogP contribution >= 0.6 is 11.6 Å². The first-order valence-corrected chi connectivity index (χ1v) is 5.95. The summed E-state index contributed by atoms with van der Waals surface area (Å²) < 4.78 is 0. The number of carbonyl (C=O) groups is 3. The number of benzene rings is 1. The van der Waals surface area contributed by atoms with E-state index in [0.29, 0.717) is 11.4 Å². The molecule has 0 aromatic heterocycles. The molecule has 102 valence electrons. The van der Waals surface area contributed by atoms with Gasteiger partial charge in [-0.25, -0.2) is 4.79 Å². The van der Waals surface area contributed by atoms with Gasteiger partial charge in [-0.3, -0.25) is 14.9 Å². The zero-order valence-electron chi connectivity index (χ0n) is 10.5. The second kappa shape index (κ2) is 6.75. The highest BCUT2D eigenvalue weighted by Gasteiger charge is 2.12. The SMILES string of the molecule is CC(=O)Nc1ccc(NC(=O)NC(=O)C(C)Cl)cc1. The normalized spacial score (nSPS) is 11.3. The van der Waals surface area contributed by atoms with Crippen molar-refractivity contribution < 1.29 is 14.4 Å². The van der Waals surface area contributed by atoms with E-state index in [1.807, 2.05) is 0 Å². The molecule has 6 nitrogen and oxygen atoms in total. The van der Waals surface area contributed by atoms with Crippen LogP contribution in [0.25, 0.3) is 0 Å². The Labute approximate surface area is 115 Å². The van der Waals surface area contributed by atoms with Gasteiger partial charge in [0, 0.05) is 18.3 Å². The number of alkyl halides is 1. The highest BCUT2D eigenvalue weighted by Crippen LogP contribution is 2.13. The Hall–Kier alpha value is -2.08. The Morgan fingerprint density at radius 3 is 1.95 bits per heavy atom. The van der Waals surface area contributed by atoms with Crippen LogP contribution in [0.2, 0.25) is 0 Å². The van der Waals surface area contributed by atoms with E-state index in [0.717, 1.165) is 0 Å². The van der Waals surface area contributed by atoms with Crippen LogP contribution in [0.4, 0.5) is 16.2 Å². The van der Waals surface area contributed by atoms with E-state index in [1.54, 1.807) is 24.3 Å². The first-order valence-electron chi connectivity index (χ1n) is 5.52. The molecule has 0 fully saturated rings. The van der Waals surface area contributed by atoms with E-state index in [2.05, 4.69) is 16.0 Å². The number of carbonyl (C=O) groups excluding carboxylic acids is 3. The van der Waals surface area contributed by atoms with Crippen LogP contribution in [0, 0.1) is 0 Å². The third-order valence-electron chi connectivity index (χ3n) is 2.06. The van der Waals surface area contributed by atoms with Gasteiger partial charge in [0.15, 0.2) is 0 Å². The van der Waals surface area contributed by atoms with Crippen LogP contribution in [0.15, 0.2) is 24.3 Å². The van der Waals surface area contributed by atoms with Gasteiger partial charge >= 0.3 is 6.03 Å². The molecule has 0 radical (unpaired) electrons. The predicted octanol–water partition coefficient (Wildman–Crippen LogP) is 1.92. The Morgan fingerprint density at radius 1 is 1.05 bits per heavy atom. The molecule has 0 spiro atoms. The maximum atomic E-state index is 11.4. The third-order valence-corrected chi connectivity index (χ3v) is 2.26. The van der Waals surface area contributed by atoms with E-state index in [1.165, 1.54) is 13.8 Å². The van der Waals surface area contributed by atoms with Crippen molar-refractivity contribution in [2.75, 3.05) is 10.6 Å². The molecule has 3 N–H and O–H groups in total. The summed E-state index contributed by atoms with van der Waals surface area (Å²) in [7, 11) is 0. The molecule has 1 atom stereocenters. The molecule has 0 aliphatic heterocycles. The summed E-state index contributed by atoms with van der Waals surface area (Å²) in [6, 6.07) is 5.79. The lowest BCUT2D eigenvalue weighted by Crippen LogP contribution is -2.38. The number of imide groups is 1. The maximum absolute atomic E-state index is 11.4. The number of anilines is 2. The number of halogens is 1. The lowest BCUT2D eigenvalue weighted by atomic mass is 10.3. The third kappa shape index (κ3) is 5.39. The molecular formula is C12H14ClN3O3. The molecule has 1 rings (SSSR count). The molecule has 0 saturated heterocycles. The highest BCUT2D eigenvalue weighted by atomic mass is 35.5. The van der Waals surface area contributed by atoms with Crippen LogP contribution in [0.5, 0.6) is 0 Å². The van der Waals surface area contributed by atoms with Crippen LogP contribution < -0.4 is 16.0 Å². The minimum atomic E-state index is -0.784. The topological polar surface area (TPSA) is 87.3 Å². The molecule has 19 heavy (non-hydrogen) atoms. The number of nitrogens with one attached hydrogen (secondary N) is 3. The zero-order chi connectivity index (χ0) is 14.4. The van der Waals surface area contributed by atoms with E-state index in [4.69, 9.17) is 11.6 Å². The van der Waals surface area contributed by atoms with Crippen molar-refractivity contribution in [3.8, 4) is 0 Å². The van der Waals surface area contributed by atoms with E-state index in [-0.39, 0.29) is 5.91 Å². The Balaban J connectivity index is 2.55. The fourth-order valence-electron chi connectivity index (χ4n) is 1.21. The Bertz CT molecular complexity index is 485. The standard InChI is InChI=1S/C12H14ClN3O3/c1-7(13)11(18)16-12(19)15-10-5-3-9(4-6-10)14-8(2)17/h3-7H,1-2H3,(H,14,17)(H2,15,16,18,19). The molecular weight excluding hydrogens is 270 g/mol. The van der Waals surface area contributed by atoms with Gasteiger partial charge in [0.25, 0.3) is 0 Å². The summed E-state index contributed by atoms with van der Waals surface area (Å²) >= 11 is 5.51. The molecule has 7 heteroatoms. The molecule has 0 aliphatic carbocycles. The number of amides is 4. The van der Waals surface area contributed by atoms with Crippen molar-refractivity contribution in [1.29, 1.82) is 0 Å². The largest absolute Gasteiger partial charge is 0.326 e. The van der Waals surface area contributed by atoms with Gasteiger partial charge in [-0.2, -0.15) is 0 Å². The van der Waals surface area contributed by atoms with Crippen molar-refractivity contribution >= 4 is 40.8 Å². The van der Waals surface area contributed by atoms with Crippen molar-refractivity contribution in [1.82, 2.24) is 5.32 Å². The fourth-order valence-corrected chi connectivity index (χ4v) is 1.27. The predicted molar refractivity (Wildman–Crippen MR) is 73.2 cm³/mol. The monoisotopic (exact) mass is 283 g/mol. The molecule has 0 saturated carbocycles. The van der Waals surface area contributed by atoms with Gasteiger partial charge in [0.1, 0.15) is 5.38 Å². The van der Waals surface area contributed by atoms with E-state index in [9.17, 15) is 14.4 Å². The number of hydrogen-bond acceptors (Lipinski definition) is 3. The Morgan fingerprint density at radius 2 is 1.53 bits per heavy atom. The summed E-state index contributed by atoms with van der Waals surface area (Å²) in [5, 5.41) is 6.36. The average Bonchev–Trinajstić information content (AvgIpc) is 2.30. The number of urea groups is 1. The summed E-state index contributed by atoms with van der Waals surface area (Å²) in [6.07, 6.45) is 0. The van der Waals surface area contributed by atoms with Gasteiger partial charge < -0.3 is 10.6 Å². The van der Waals surface area contributed by atoms with Gasteiger partial charge in [0.2, 0.25) is 11.8 Å². The maximum Gasteiger partial charge on any atom is 0.325 e. The van der Waals surface area contributed by atoms with Crippen LogP contribution in [-0.2, 0) is 9.59 Å². The minimum Gasteiger partial charge on any atom is -0.326 e. The van der Waals surface area contributed by atoms with Crippen molar-refractivity contribution in [3.63, 3.8) is 0 Å². The average molecular weight is 284 g/mol. The molecule has 4 amide bonds. The first-order chi connectivity index (χ1) is 8.88. The van der Waals surface area contributed by atoms with Gasteiger partial charge in [-0.1, -0.05) is 0 Å². The lowest BCUT2D eigenvalue weighted by molar-refractivity contribution is -0.119. The molecule has 0 bridgehead atoms. The molecule has 1 aromatic carbocycles. The molecule has 0 heterocycles. The second-order valence-corrected chi connectivity index (χ2v) is 4.47. The minimum absolute atomic E-state index is 0.180.